The van der Waals surface area contributed by atoms with Gasteiger partial charge in [-0.2, -0.15) is 0 Å². The van der Waals surface area contributed by atoms with Gasteiger partial charge < -0.3 is 15.5 Å². The summed E-state index contributed by atoms with van der Waals surface area (Å²) in [5, 5.41) is 8.52. The van der Waals surface area contributed by atoms with Crippen molar-refractivity contribution in [2.75, 3.05) is 18.9 Å². The maximum atomic E-state index is 12.6. The smallest absolute Gasteiger partial charge is 0.256 e. The maximum Gasteiger partial charge on any atom is 0.256 e. The summed E-state index contributed by atoms with van der Waals surface area (Å²) in [4.78, 5) is 15.4. The first-order valence-electron chi connectivity index (χ1n) is 7.51. The summed E-state index contributed by atoms with van der Waals surface area (Å²) < 4.78 is 0. The van der Waals surface area contributed by atoms with Gasteiger partial charge in [-0.3, -0.25) is 4.79 Å². The zero-order valence-electron chi connectivity index (χ0n) is 12.5. The van der Waals surface area contributed by atoms with Crippen LogP contribution in [0.3, 0.4) is 0 Å². The van der Waals surface area contributed by atoms with Crippen molar-refractivity contribution in [1.82, 2.24) is 5.32 Å². The Kier molecular flexibility index (Phi) is 3.76. The van der Waals surface area contributed by atoms with Gasteiger partial charge in [0.25, 0.3) is 5.91 Å². The first kappa shape index (κ1) is 15.3. The Hall–Kier alpha value is -1.27. The molecule has 0 aliphatic carbocycles. The number of fused-ring (bicyclic) bond motifs is 3. The van der Waals surface area contributed by atoms with Crippen molar-refractivity contribution >= 4 is 45.4 Å². The van der Waals surface area contributed by atoms with Crippen molar-refractivity contribution in [1.29, 1.82) is 0 Å². The lowest BCUT2D eigenvalue weighted by Gasteiger charge is -2.27. The van der Waals surface area contributed by atoms with E-state index in [9.17, 15) is 4.79 Å². The van der Waals surface area contributed by atoms with E-state index in [-0.39, 0.29) is 12.1 Å². The molecule has 120 valence electrons. The zero-order valence-corrected chi connectivity index (χ0v) is 14.8. The molecule has 23 heavy (non-hydrogen) atoms. The quantitative estimate of drug-likeness (QED) is 0.723. The van der Waals surface area contributed by atoms with Gasteiger partial charge in [-0.15, -0.1) is 11.3 Å². The fourth-order valence-corrected chi connectivity index (χ4v) is 5.13. The van der Waals surface area contributed by atoms with Crippen LogP contribution in [0.2, 0.25) is 10.0 Å². The second-order valence-electron chi connectivity index (χ2n) is 6.06. The van der Waals surface area contributed by atoms with Crippen molar-refractivity contribution < 1.29 is 9.69 Å². The third-order valence-corrected chi connectivity index (χ3v) is 6.13. The SMILES string of the molecule is C[NH+]1CCc2c(sc3c2C(=O)N[C@H](c2ccc(Cl)cc2Cl)N3)C1. The number of halogens is 2. The molecule has 1 aromatic carbocycles. The Balaban J connectivity index is 1.71. The molecule has 2 aliphatic rings. The molecule has 3 heterocycles. The van der Waals surface area contributed by atoms with Crippen molar-refractivity contribution in [3.8, 4) is 0 Å². The highest BCUT2D eigenvalue weighted by molar-refractivity contribution is 7.16. The molecule has 1 aromatic heterocycles. The molecule has 0 bridgehead atoms. The summed E-state index contributed by atoms with van der Waals surface area (Å²) >= 11 is 13.9. The van der Waals surface area contributed by atoms with Crippen LogP contribution in [0.25, 0.3) is 0 Å². The molecule has 4 rings (SSSR count). The van der Waals surface area contributed by atoms with Gasteiger partial charge in [0, 0.05) is 22.0 Å². The van der Waals surface area contributed by atoms with E-state index in [0.717, 1.165) is 35.6 Å². The lowest BCUT2D eigenvalue weighted by Crippen LogP contribution is -3.08. The van der Waals surface area contributed by atoms with Gasteiger partial charge in [0.1, 0.15) is 17.7 Å². The largest absolute Gasteiger partial charge is 0.353 e. The van der Waals surface area contributed by atoms with Crippen LogP contribution in [0.1, 0.15) is 32.5 Å². The number of likely N-dealkylation sites (N-methyl/N-ethyl adjacent to an activating group) is 1. The third-order valence-electron chi connectivity index (χ3n) is 4.41. The second kappa shape index (κ2) is 5.67. The summed E-state index contributed by atoms with van der Waals surface area (Å²) in [6, 6.07) is 5.32. The van der Waals surface area contributed by atoms with Gasteiger partial charge in [0.05, 0.1) is 24.0 Å². The van der Waals surface area contributed by atoms with Gasteiger partial charge in [0.2, 0.25) is 0 Å². The predicted molar refractivity (Wildman–Crippen MR) is 93.8 cm³/mol. The van der Waals surface area contributed by atoms with Crippen LogP contribution >= 0.6 is 34.5 Å². The molecule has 0 spiro atoms. The number of rotatable bonds is 1. The van der Waals surface area contributed by atoms with E-state index >= 15 is 0 Å². The number of hydrogen-bond acceptors (Lipinski definition) is 3. The molecule has 0 saturated heterocycles. The molecular formula is C16H16Cl2N3OS+. The number of quaternary nitrogens is 1. The van der Waals surface area contributed by atoms with Crippen LogP contribution in [0.5, 0.6) is 0 Å². The number of carbonyl (C=O) groups is 1. The number of carbonyl (C=O) groups excluding carboxylic acids is 1. The van der Waals surface area contributed by atoms with E-state index in [4.69, 9.17) is 23.2 Å². The fourth-order valence-electron chi connectivity index (χ4n) is 3.22. The zero-order chi connectivity index (χ0) is 16.1. The van der Waals surface area contributed by atoms with Crippen molar-refractivity contribution in [3.05, 3.63) is 49.8 Å². The molecule has 2 atom stereocenters. The summed E-state index contributed by atoms with van der Waals surface area (Å²) in [6.45, 7) is 2.05. The molecular weight excluding hydrogens is 353 g/mol. The summed E-state index contributed by atoms with van der Waals surface area (Å²) in [6.07, 6.45) is 0.624. The minimum Gasteiger partial charge on any atom is -0.353 e. The Morgan fingerprint density at radius 2 is 2.13 bits per heavy atom. The molecule has 0 fully saturated rings. The monoisotopic (exact) mass is 368 g/mol. The number of nitrogens with one attached hydrogen (secondary N) is 3. The average Bonchev–Trinajstić information content (AvgIpc) is 2.84. The highest BCUT2D eigenvalue weighted by atomic mass is 35.5. The number of thiophene rings is 1. The molecule has 2 aliphatic heterocycles. The first-order valence-corrected chi connectivity index (χ1v) is 9.08. The standard InChI is InChI=1S/C16H15Cl2N3OS/c1-21-5-4-10-12(7-21)23-16-13(10)15(22)19-14(20-16)9-3-2-8(17)6-11(9)18/h2-3,6,14,20H,4-5,7H2,1H3,(H,19,22)/p+1/t14-/m0/s1. The molecule has 7 heteroatoms. The Bertz CT molecular complexity index is 805. The molecule has 0 radical (unpaired) electrons. The Morgan fingerprint density at radius 3 is 2.91 bits per heavy atom. The van der Waals surface area contributed by atoms with Gasteiger partial charge >= 0.3 is 0 Å². The van der Waals surface area contributed by atoms with Crippen LogP contribution in [-0.4, -0.2) is 19.5 Å². The number of hydrogen-bond donors (Lipinski definition) is 3. The van der Waals surface area contributed by atoms with Crippen molar-refractivity contribution in [2.45, 2.75) is 19.1 Å². The number of amides is 1. The van der Waals surface area contributed by atoms with Gasteiger partial charge in [-0.1, -0.05) is 29.3 Å². The summed E-state index contributed by atoms with van der Waals surface area (Å²) in [7, 11) is 2.19. The van der Waals surface area contributed by atoms with E-state index in [1.807, 2.05) is 6.07 Å². The molecule has 2 aromatic rings. The van der Waals surface area contributed by atoms with Crippen LogP contribution < -0.4 is 15.5 Å². The van der Waals surface area contributed by atoms with E-state index in [1.165, 1.54) is 15.3 Å². The molecule has 3 N–H and O–H groups in total. The van der Waals surface area contributed by atoms with E-state index in [2.05, 4.69) is 17.7 Å². The van der Waals surface area contributed by atoms with Crippen LogP contribution in [0.4, 0.5) is 5.00 Å². The van der Waals surface area contributed by atoms with Gasteiger partial charge in [-0.05, 0) is 17.7 Å². The minimum absolute atomic E-state index is 0.0215. The van der Waals surface area contributed by atoms with Crippen molar-refractivity contribution in [3.63, 3.8) is 0 Å². The van der Waals surface area contributed by atoms with Crippen LogP contribution in [0, 0.1) is 0 Å². The average molecular weight is 369 g/mol. The van der Waals surface area contributed by atoms with Crippen molar-refractivity contribution in [2.24, 2.45) is 0 Å². The summed E-state index contributed by atoms with van der Waals surface area (Å²) in [5.41, 5.74) is 2.85. The van der Waals surface area contributed by atoms with E-state index in [0.29, 0.717) is 10.0 Å². The number of benzene rings is 1. The Labute approximate surface area is 148 Å². The third kappa shape index (κ3) is 2.62. The van der Waals surface area contributed by atoms with Gasteiger partial charge in [0.15, 0.2) is 0 Å². The highest BCUT2D eigenvalue weighted by Gasteiger charge is 2.34. The fraction of sp³-hybridized carbons (Fsp3) is 0.312. The predicted octanol–water partition coefficient (Wildman–Crippen LogP) is 2.48. The molecule has 1 unspecified atom stereocenters. The van der Waals surface area contributed by atoms with E-state index in [1.54, 1.807) is 23.5 Å². The van der Waals surface area contributed by atoms with Crippen LogP contribution in [0.15, 0.2) is 18.2 Å². The summed E-state index contributed by atoms with van der Waals surface area (Å²) in [5.74, 6) is -0.0215. The molecule has 0 saturated carbocycles. The topological polar surface area (TPSA) is 45.6 Å². The maximum absolute atomic E-state index is 12.6. The lowest BCUT2D eigenvalue weighted by molar-refractivity contribution is -0.895. The van der Waals surface area contributed by atoms with Gasteiger partial charge in [-0.25, -0.2) is 0 Å². The van der Waals surface area contributed by atoms with E-state index < -0.39 is 0 Å². The minimum atomic E-state index is -0.329. The number of anilines is 1. The molecule has 1 amide bonds. The Morgan fingerprint density at radius 1 is 1.30 bits per heavy atom. The molecule has 4 nitrogen and oxygen atoms in total. The normalized spacial score (nSPS) is 22.8. The highest BCUT2D eigenvalue weighted by Crippen LogP contribution is 2.40. The first-order chi connectivity index (χ1) is 11.0. The second-order valence-corrected chi connectivity index (χ2v) is 8.01. The lowest BCUT2D eigenvalue weighted by atomic mass is 10.0. The van der Waals surface area contributed by atoms with Crippen LogP contribution in [-0.2, 0) is 13.0 Å².